The largest absolute Gasteiger partial charge is 0.483 e. The molecule has 3 aliphatic heterocycles. The number of amides is 1. The molecule has 2 aromatic rings. The summed E-state index contributed by atoms with van der Waals surface area (Å²) in [7, 11) is 0. The van der Waals surface area contributed by atoms with Gasteiger partial charge in [0.25, 0.3) is 6.47 Å². The third kappa shape index (κ3) is 4.59. The molecule has 0 spiro atoms. The van der Waals surface area contributed by atoms with Crippen molar-refractivity contribution in [3.63, 3.8) is 0 Å². The van der Waals surface area contributed by atoms with Gasteiger partial charge in [-0.1, -0.05) is 6.07 Å². The molecule has 4 heterocycles. The highest BCUT2D eigenvalue weighted by Crippen LogP contribution is 2.40. The van der Waals surface area contributed by atoms with E-state index in [9.17, 15) is 9.18 Å². The molecule has 0 atom stereocenters. The van der Waals surface area contributed by atoms with Gasteiger partial charge in [0, 0.05) is 56.6 Å². The van der Waals surface area contributed by atoms with Gasteiger partial charge in [0.15, 0.2) is 5.82 Å². The second-order valence-electron chi connectivity index (χ2n) is 8.82. The van der Waals surface area contributed by atoms with Crippen LogP contribution in [0, 0.1) is 12.7 Å². The lowest BCUT2D eigenvalue weighted by Crippen LogP contribution is -2.36. The number of hydrogen-bond donors (Lipinski definition) is 1. The van der Waals surface area contributed by atoms with E-state index in [0.29, 0.717) is 18.2 Å². The molecule has 0 radical (unpaired) electrons. The number of benzene rings is 1. The molecule has 178 valence electrons. The molecule has 1 saturated heterocycles. The average Bonchev–Trinajstić information content (AvgIpc) is 3.19. The van der Waals surface area contributed by atoms with Crippen LogP contribution in [0.3, 0.4) is 0 Å². The number of carboxylic acid groups (broad SMARTS) is 1. The summed E-state index contributed by atoms with van der Waals surface area (Å²) in [6, 6.07) is 3.96. The first-order chi connectivity index (χ1) is 15.9. The lowest BCUT2D eigenvalue weighted by Gasteiger charge is -2.32. The lowest BCUT2D eigenvalue weighted by atomic mass is 9.98. The maximum absolute atomic E-state index is 14.5. The Morgan fingerprint density at radius 1 is 1.24 bits per heavy atom. The first-order valence-corrected chi connectivity index (χ1v) is 11.5. The van der Waals surface area contributed by atoms with Crippen molar-refractivity contribution >= 4 is 23.9 Å². The third-order valence-corrected chi connectivity index (χ3v) is 6.78. The molecule has 1 amide bonds. The number of fused-ring (bicyclic) bond motifs is 2. The summed E-state index contributed by atoms with van der Waals surface area (Å²) in [4.78, 5) is 24.5. The number of carbonyl (C=O) groups is 2. The van der Waals surface area contributed by atoms with Gasteiger partial charge >= 0.3 is 0 Å². The van der Waals surface area contributed by atoms with Crippen molar-refractivity contribution in [1.82, 2.24) is 14.7 Å². The molecule has 0 saturated carbocycles. The highest BCUT2D eigenvalue weighted by molar-refractivity contribution is 5.75. The quantitative estimate of drug-likeness (QED) is 0.695. The van der Waals surface area contributed by atoms with Crippen LogP contribution in [0.4, 0.5) is 15.9 Å². The zero-order valence-electron chi connectivity index (χ0n) is 19.2. The van der Waals surface area contributed by atoms with Crippen LogP contribution in [0.1, 0.15) is 54.6 Å². The number of aromatic nitrogens is 2. The molecule has 8 nitrogen and oxygen atoms in total. The van der Waals surface area contributed by atoms with Crippen molar-refractivity contribution in [1.29, 1.82) is 0 Å². The summed E-state index contributed by atoms with van der Waals surface area (Å²) in [5.74, 6) is 0.807. The second-order valence-corrected chi connectivity index (χ2v) is 8.82. The summed E-state index contributed by atoms with van der Waals surface area (Å²) >= 11 is 0. The Balaban J connectivity index is 0.000000821. The Kier molecular flexibility index (Phi) is 6.97. The number of ether oxygens (including phenoxy) is 1. The summed E-state index contributed by atoms with van der Waals surface area (Å²) < 4.78 is 22.2. The Hall–Kier alpha value is -2.94. The predicted octanol–water partition coefficient (Wildman–Crippen LogP) is 3.37. The monoisotopic (exact) mass is 458 g/mol. The Morgan fingerprint density at radius 2 is 1.97 bits per heavy atom. The molecular formula is C24H31FN4O4. The van der Waals surface area contributed by atoms with Crippen molar-refractivity contribution in [3.05, 3.63) is 40.3 Å². The standard InChI is InChI=1S/C23H29FN4O2.CH2O2/c1-15-12-17-4-3-8-27(22(17)13-20(15)24)23-19-14-26(16(2)29)9-5-21(19)28(25-23)18-6-10-30-11-7-18;2-1-3/h12-13,18H,3-11,14H2,1-2H3;1H,(H,2,3). The highest BCUT2D eigenvalue weighted by Gasteiger charge is 2.33. The van der Waals surface area contributed by atoms with Gasteiger partial charge in [0.05, 0.1) is 12.6 Å². The molecule has 5 rings (SSSR count). The Bertz CT molecular complexity index is 1030. The third-order valence-electron chi connectivity index (χ3n) is 6.78. The number of carbonyl (C=O) groups excluding carboxylic acids is 1. The fourth-order valence-corrected chi connectivity index (χ4v) is 5.10. The fourth-order valence-electron chi connectivity index (χ4n) is 5.10. The predicted molar refractivity (Wildman–Crippen MR) is 121 cm³/mol. The first kappa shape index (κ1) is 23.2. The van der Waals surface area contributed by atoms with Crippen LogP contribution in [0.2, 0.25) is 0 Å². The number of rotatable bonds is 2. The van der Waals surface area contributed by atoms with Crippen molar-refractivity contribution < 1.29 is 23.8 Å². The second kappa shape index (κ2) is 9.91. The SMILES string of the molecule is CC(=O)N1CCc2c(c(N3CCCc4cc(C)c(F)cc43)nn2C2CCOCC2)C1.O=CO. The molecular weight excluding hydrogens is 427 g/mol. The molecule has 1 aromatic heterocycles. The smallest absolute Gasteiger partial charge is 0.290 e. The van der Waals surface area contributed by atoms with Crippen molar-refractivity contribution in [2.24, 2.45) is 0 Å². The molecule has 9 heteroatoms. The lowest BCUT2D eigenvalue weighted by molar-refractivity contribution is -0.129. The van der Waals surface area contributed by atoms with Crippen LogP contribution in [0.25, 0.3) is 0 Å². The Labute approximate surface area is 192 Å². The van der Waals surface area contributed by atoms with Gasteiger partial charge in [0.2, 0.25) is 5.91 Å². The van der Waals surface area contributed by atoms with Crippen LogP contribution in [-0.2, 0) is 33.7 Å². The van der Waals surface area contributed by atoms with E-state index in [4.69, 9.17) is 19.7 Å². The number of nitrogens with zero attached hydrogens (tertiary/aromatic N) is 4. The van der Waals surface area contributed by atoms with Gasteiger partial charge < -0.3 is 19.6 Å². The van der Waals surface area contributed by atoms with E-state index in [1.54, 1.807) is 13.0 Å². The van der Waals surface area contributed by atoms with Gasteiger partial charge in [-0.05, 0) is 49.8 Å². The van der Waals surface area contributed by atoms with Crippen LogP contribution in [0.5, 0.6) is 0 Å². The molecule has 33 heavy (non-hydrogen) atoms. The van der Waals surface area contributed by atoms with Crippen molar-refractivity contribution in [2.45, 2.75) is 58.5 Å². The van der Waals surface area contributed by atoms with E-state index in [-0.39, 0.29) is 18.2 Å². The Morgan fingerprint density at radius 3 is 2.67 bits per heavy atom. The molecule has 1 fully saturated rings. The van der Waals surface area contributed by atoms with Crippen LogP contribution in [-0.4, -0.2) is 58.5 Å². The summed E-state index contributed by atoms with van der Waals surface area (Å²) in [5.41, 5.74) is 5.14. The molecule has 1 aromatic carbocycles. The molecule has 0 unspecified atom stereocenters. The van der Waals surface area contributed by atoms with Crippen LogP contribution in [0.15, 0.2) is 12.1 Å². The first-order valence-electron chi connectivity index (χ1n) is 11.5. The van der Waals surface area contributed by atoms with Crippen LogP contribution >= 0.6 is 0 Å². The topological polar surface area (TPSA) is 87.9 Å². The van der Waals surface area contributed by atoms with E-state index in [1.807, 2.05) is 17.9 Å². The average molecular weight is 459 g/mol. The van der Waals surface area contributed by atoms with E-state index in [2.05, 4.69) is 9.58 Å². The number of anilines is 2. The van der Waals surface area contributed by atoms with E-state index in [0.717, 1.165) is 75.5 Å². The summed E-state index contributed by atoms with van der Waals surface area (Å²) in [6.45, 7) is 6.82. The van der Waals surface area contributed by atoms with Crippen LogP contribution < -0.4 is 4.90 Å². The van der Waals surface area contributed by atoms with E-state index in [1.165, 1.54) is 11.3 Å². The van der Waals surface area contributed by atoms with Gasteiger partial charge in [-0.25, -0.2) is 4.39 Å². The minimum atomic E-state index is -0.250. The fraction of sp³-hybridized carbons (Fsp3) is 0.542. The van der Waals surface area contributed by atoms with Gasteiger partial charge in [0.1, 0.15) is 5.82 Å². The minimum Gasteiger partial charge on any atom is -0.483 e. The van der Waals surface area contributed by atoms with Gasteiger partial charge in [-0.3, -0.25) is 14.3 Å². The molecule has 3 aliphatic rings. The highest BCUT2D eigenvalue weighted by atomic mass is 19.1. The summed E-state index contributed by atoms with van der Waals surface area (Å²) in [5, 5.41) is 12.0. The van der Waals surface area contributed by atoms with Crippen molar-refractivity contribution in [3.8, 4) is 0 Å². The van der Waals surface area contributed by atoms with Crippen molar-refractivity contribution in [2.75, 3.05) is 31.2 Å². The van der Waals surface area contributed by atoms with Gasteiger partial charge in [-0.2, -0.15) is 5.10 Å². The molecule has 1 N–H and O–H groups in total. The van der Waals surface area contributed by atoms with E-state index < -0.39 is 0 Å². The molecule has 0 bridgehead atoms. The zero-order valence-corrected chi connectivity index (χ0v) is 19.2. The molecule has 0 aliphatic carbocycles. The van der Waals surface area contributed by atoms with E-state index >= 15 is 0 Å². The van der Waals surface area contributed by atoms with Gasteiger partial charge in [-0.15, -0.1) is 0 Å². The maximum Gasteiger partial charge on any atom is 0.290 e. The summed E-state index contributed by atoms with van der Waals surface area (Å²) in [6.07, 6.45) is 4.67. The minimum absolute atomic E-state index is 0.0890. The maximum atomic E-state index is 14.5. The normalized spacial score (nSPS) is 18.2. The number of aryl methyl sites for hydroxylation is 2. The number of halogens is 1. The zero-order chi connectivity index (χ0) is 23.5. The number of hydrogen-bond acceptors (Lipinski definition) is 5.